The molecule has 0 saturated carbocycles. The van der Waals surface area contributed by atoms with Crippen LogP contribution in [-0.4, -0.2) is 0 Å². The molecule has 10 rings (SSSR count). The molecule has 53 heavy (non-hydrogen) atoms. The molecule has 0 spiro atoms. The molecule has 0 amide bonds. The fourth-order valence-corrected chi connectivity index (χ4v) is 8.30. The summed E-state index contributed by atoms with van der Waals surface area (Å²) in [7, 11) is 0. The highest BCUT2D eigenvalue weighted by Crippen LogP contribution is 2.53. The van der Waals surface area contributed by atoms with Gasteiger partial charge in [0.15, 0.2) is 0 Å². The van der Waals surface area contributed by atoms with Crippen LogP contribution in [0.2, 0.25) is 0 Å². The molecule has 0 bridgehead atoms. The highest BCUT2D eigenvalue weighted by molar-refractivity contribution is 6.11. The Kier molecular flexibility index (Phi) is 7.19. The van der Waals surface area contributed by atoms with Crippen molar-refractivity contribution in [1.82, 2.24) is 0 Å². The van der Waals surface area contributed by atoms with Gasteiger partial charge in [0, 0.05) is 38.8 Å². The first-order valence-electron chi connectivity index (χ1n) is 18.3. The number of rotatable bonds is 6. The molecule has 1 aromatic heterocycles. The van der Waals surface area contributed by atoms with Crippen LogP contribution in [0.3, 0.4) is 0 Å². The topological polar surface area (TPSA) is 16.4 Å². The zero-order chi connectivity index (χ0) is 35.5. The predicted octanol–water partition coefficient (Wildman–Crippen LogP) is 14.4. The number of hydrogen-bond acceptors (Lipinski definition) is 2. The summed E-state index contributed by atoms with van der Waals surface area (Å²) in [6.45, 7) is 4.67. The minimum absolute atomic E-state index is 0.150. The highest BCUT2D eigenvalue weighted by Gasteiger charge is 2.38. The largest absolute Gasteiger partial charge is 0.455 e. The molecule has 2 nitrogen and oxygen atoms in total. The Bertz CT molecular complexity index is 2670. The van der Waals surface area contributed by atoms with Gasteiger partial charge in [-0.15, -0.1) is 0 Å². The van der Waals surface area contributed by atoms with Crippen molar-refractivity contribution >= 4 is 39.0 Å². The first kappa shape index (κ1) is 31.1. The van der Waals surface area contributed by atoms with Crippen LogP contribution in [0.15, 0.2) is 192 Å². The van der Waals surface area contributed by atoms with Crippen LogP contribution in [0.25, 0.3) is 66.4 Å². The molecule has 1 aliphatic carbocycles. The molecule has 0 saturated heterocycles. The fourth-order valence-electron chi connectivity index (χ4n) is 8.30. The number of furan rings is 1. The maximum absolute atomic E-state index is 6.52. The lowest BCUT2D eigenvalue weighted by Crippen LogP contribution is -2.15. The second-order valence-electron chi connectivity index (χ2n) is 14.6. The summed E-state index contributed by atoms with van der Waals surface area (Å²) in [5, 5.41) is 2.35. The number of benzene rings is 8. The normalized spacial score (nSPS) is 12.9. The van der Waals surface area contributed by atoms with Crippen molar-refractivity contribution < 1.29 is 4.42 Å². The lowest BCUT2D eigenvalue weighted by atomic mass is 9.81. The lowest BCUT2D eigenvalue weighted by Gasteiger charge is -2.26. The molecular weight excluding hydrogens is 643 g/mol. The van der Waals surface area contributed by atoms with Gasteiger partial charge >= 0.3 is 0 Å². The third-order valence-electron chi connectivity index (χ3n) is 11.1. The van der Waals surface area contributed by atoms with Crippen molar-refractivity contribution in [3.63, 3.8) is 0 Å². The second-order valence-corrected chi connectivity index (χ2v) is 14.6. The van der Waals surface area contributed by atoms with E-state index in [1.807, 2.05) is 6.07 Å². The molecule has 9 aromatic rings. The molecule has 0 N–H and O–H groups in total. The molecule has 1 heterocycles. The zero-order valence-electron chi connectivity index (χ0n) is 29.8. The summed E-state index contributed by atoms with van der Waals surface area (Å²) in [5.41, 5.74) is 17.5. The minimum atomic E-state index is -0.150. The number of nitrogens with zero attached hydrogens (tertiary/aromatic N) is 1. The molecule has 0 aliphatic heterocycles. The monoisotopic (exact) mass is 679 g/mol. The molecule has 0 fully saturated rings. The van der Waals surface area contributed by atoms with Crippen LogP contribution in [0.1, 0.15) is 25.0 Å². The van der Waals surface area contributed by atoms with E-state index in [9.17, 15) is 0 Å². The van der Waals surface area contributed by atoms with E-state index in [0.717, 1.165) is 28.2 Å². The van der Waals surface area contributed by atoms with E-state index in [0.29, 0.717) is 0 Å². The first-order chi connectivity index (χ1) is 26.0. The Morgan fingerprint density at radius 2 is 0.868 bits per heavy atom. The summed E-state index contributed by atoms with van der Waals surface area (Å²) < 4.78 is 6.52. The van der Waals surface area contributed by atoms with Crippen LogP contribution in [-0.2, 0) is 5.41 Å². The van der Waals surface area contributed by atoms with Gasteiger partial charge in [0.25, 0.3) is 0 Å². The molecular formula is C51H37NO. The summed E-state index contributed by atoms with van der Waals surface area (Å²) in [4.78, 5) is 2.34. The van der Waals surface area contributed by atoms with E-state index in [4.69, 9.17) is 4.42 Å². The average molecular weight is 680 g/mol. The molecule has 8 aromatic carbocycles. The average Bonchev–Trinajstić information content (AvgIpc) is 3.71. The summed E-state index contributed by atoms with van der Waals surface area (Å²) in [6.07, 6.45) is 0. The Morgan fingerprint density at radius 3 is 1.43 bits per heavy atom. The van der Waals surface area contributed by atoms with E-state index >= 15 is 0 Å². The SMILES string of the molecule is CC1(C)c2cc(-c3ccc(N(c4ccc(-c5ccccc5)cc4)c4ccc(-c5ccccc5)cc4)cc3)ccc2-c2c1ccc1c2oc2ccccc21. The zero-order valence-corrected chi connectivity index (χ0v) is 29.8. The van der Waals surface area contributed by atoms with Crippen LogP contribution in [0.4, 0.5) is 17.1 Å². The van der Waals surface area contributed by atoms with Crippen molar-refractivity contribution in [2.75, 3.05) is 4.90 Å². The standard InChI is InChI=1S/C51H37NO/c1-51(2)46-32-31-44-43-15-9-10-16-48(43)53-50(44)49(46)45-30-23-39(33-47(45)51)38-21-28-42(29-22-38)52(40-24-17-36(18-25-40)34-11-5-3-6-12-34)41-26-19-37(20-27-41)35-13-7-4-8-14-35/h3-33H,1-2H3. The van der Waals surface area contributed by atoms with Gasteiger partial charge in [0.05, 0.1) is 0 Å². The number of para-hydroxylation sites is 1. The third-order valence-corrected chi connectivity index (χ3v) is 11.1. The number of hydrogen-bond donors (Lipinski definition) is 0. The van der Waals surface area contributed by atoms with Gasteiger partial charge in [-0.2, -0.15) is 0 Å². The summed E-state index contributed by atoms with van der Waals surface area (Å²) in [5.74, 6) is 0. The van der Waals surface area contributed by atoms with E-state index in [2.05, 4.69) is 201 Å². The maximum Gasteiger partial charge on any atom is 0.143 e. The smallest absolute Gasteiger partial charge is 0.143 e. The van der Waals surface area contributed by atoms with Crippen LogP contribution in [0.5, 0.6) is 0 Å². The second kappa shape index (κ2) is 12.3. The Labute approximate surface area is 310 Å². The van der Waals surface area contributed by atoms with E-state index in [1.165, 1.54) is 66.4 Å². The van der Waals surface area contributed by atoms with Crippen LogP contribution >= 0.6 is 0 Å². The van der Waals surface area contributed by atoms with Crippen molar-refractivity contribution in [2.24, 2.45) is 0 Å². The Balaban J connectivity index is 1.02. The Hall–Kier alpha value is -6.64. The molecule has 2 heteroatoms. The summed E-state index contributed by atoms with van der Waals surface area (Å²) in [6, 6.07) is 67.7. The molecule has 1 aliphatic rings. The van der Waals surface area contributed by atoms with Gasteiger partial charge in [-0.1, -0.05) is 153 Å². The fraction of sp³-hybridized carbons (Fsp3) is 0.0588. The molecule has 0 unspecified atom stereocenters. The first-order valence-corrected chi connectivity index (χ1v) is 18.3. The summed E-state index contributed by atoms with van der Waals surface area (Å²) >= 11 is 0. The van der Waals surface area contributed by atoms with Gasteiger partial charge in [0.1, 0.15) is 11.2 Å². The molecule has 252 valence electrons. The quantitative estimate of drug-likeness (QED) is 0.174. The lowest BCUT2D eigenvalue weighted by molar-refractivity contribution is 0.653. The van der Waals surface area contributed by atoms with Gasteiger partial charge in [-0.05, 0) is 98.6 Å². The molecule has 0 radical (unpaired) electrons. The van der Waals surface area contributed by atoms with Crippen LogP contribution < -0.4 is 4.90 Å². The van der Waals surface area contributed by atoms with Gasteiger partial charge < -0.3 is 9.32 Å². The number of anilines is 3. The van der Waals surface area contributed by atoms with E-state index in [1.54, 1.807) is 0 Å². The van der Waals surface area contributed by atoms with Crippen molar-refractivity contribution in [2.45, 2.75) is 19.3 Å². The number of fused-ring (bicyclic) bond motifs is 7. The van der Waals surface area contributed by atoms with Crippen molar-refractivity contribution in [1.29, 1.82) is 0 Å². The van der Waals surface area contributed by atoms with Gasteiger partial charge in [-0.3, -0.25) is 0 Å². The third kappa shape index (κ3) is 5.18. The van der Waals surface area contributed by atoms with E-state index in [-0.39, 0.29) is 5.41 Å². The van der Waals surface area contributed by atoms with Crippen molar-refractivity contribution in [3.8, 4) is 44.5 Å². The minimum Gasteiger partial charge on any atom is -0.455 e. The predicted molar refractivity (Wildman–Crippen MR) is 222 cm³/mol. The van der Waals surface area contributed by atoms with Gasteiger partial charge in [0.2, 0.25) is 0 Å². The van der Waals surface area contributed by atoms with Crippen molar-refractivity contribution in [3.05, 3.63) is 199 Å². The van der Waals surface area contributed by atoms with Gasteiger partial charge in [-0.25, -0.2) is 0 Å². The van der Waals surface area contributed by atoms with E-state index < -0.39 is 0 Å². The Morgan fingerprint density at radius 1 is 0.396 bits per heavy atom. The maximum atomic E-state index is 6.52. The molecule has 0 atom stereocenters. The highest BCUT2D eigenvalue weighted by atomic mass is 16.3. The van der Waals surface area contributed by atoms with Crippen LogP contribution in [0, 0.1) is 0 Å².